The Morgan fingerprint density at radius 3 is 2.43 bits per heavy atom. The first kappa shape index (κ1) is 21.9. The zero-order valence-electron chi connectivity index (χ0n) is 15.7. The molecular formula is C20H22ClF3N2O2. The monoisotopic (exact) mass is 414 g/mol. The lowest BCUT2D eigenvalue weighted by molar-refractivity contribution is -0.137. The Kier molecular flexibility index (Phi) is 7.18. The first-order chi connectivity index (χ1) is 13.1. The summed E-state index contributed by atoms with van der Waals surface area (Å²) in [6.45, 7) is 3.92. The van der Waals surface area contributed by atoms with E-state index in [0.29, 0.717) is 5.75 Å². The third-order valence-electron chi connectivity index (χ3n) is 4.20. The van der Waals surface area contributed by atoms with Crippen molar-refractivity contribution in [1.82, 2.24) is 5.32 Å². The van der Waals surface area contributed by atoms with Crippen LogP contribution in [0.4, 0.5) is 18.9 Å². The second kappa shape index (κ2) is 9.19. The van der Waals surface area contributed by atoms with E-state index in [0.717, 1.165) is 17.7 Å². The molecule has 8 heteroatoms. The molecule has 4 nitrogen and oxygen atoms in total. The number of rotatable bonds is 7. The molecule has 0 bridgehead atoms. The molecule has 0 aliphatic carbocycles. The first-order valence-electron chi connectivity index (χ1n) is 8.66. The predicted octanol–water partition coefficient (Wildman–Crippen LogP) is 5.12. The minimum Gasteiger partial charge on any atom is -0.496 e. The summed E-state index contributed by atoms with van der Waals surface area (Å²) in [6.07, 6.45) is -4.48. The van der Waals surface area contributed by atoms with Gasteiger partial charge in [0.15, 0.2) is 0 Å². The van der Waals surface area contributed by atoms with E-state index < -0.39 is 17.8 Å². The van der Waals surface area contributed by atoms with Gasteiger partial charge in [-0.25, -0.2) is 0 Å². The van der Waals surface area contributed by atoms with E-state index in [1.165, 1.54) is 6.07 Å². The van der Waals surface area contributed by atoms with Gasteiger partial charge in [0.2, 0.25) is 5.91 Å². The van der Waals surface area contributed by atoms with E-state index in [2.05, 4.69) is 10.6 Å². The van der Waals surface area contributed by atoms with E-state index in [9.17, 15) is 18.0 Å². The molecule has 0 saturated heterocycles. The lowest BCUT2D eigenvalue weighted by Gasteiger charge is -2.24. The maximum atomic E-state index is 12.8. The normalized spacial score (nSPS) is 12.6. The van der Waals surface area contributed by atoms with Crippen molar-refractivity contribution in [3.8, 4) is 5.75 Å². The average Bonchev–Trinajstić information content (AvgIpc) is 2.64. The number of carbonyl (C=O) groups is 1. The number of anilines is 1. The Morgan fingerprint density at radius 2 is 1.86 bits per heavy atom. The molecule has 0 unspecified atom stereocenters. The van der Waals surface area contributed by atoms with E-state index >= 15 is 0 Å². The molecule has 1 atom stereocenters. The molecule has 152 valence electrons. The molecular weight excluding hydrogens is 393 g/mol. The smallest absolute Gasteiger partial charge is 0.416 e. The first-order valence-corrected chi connectivity index (χ1v) is 9.04. The standard InChI is InChI=1S/C20H22ClF3N2O2/c1-12(2)18(19(27)25-11-13-6-4-5-7-17(13)28-3)26-16-9-8-14(10-15(16)21)20(22,23)24/h4-10,12,18,26H,11H2,1-3H3,(H,25,27)/t18-/m0/s1. The van der Waals surface area contributed by atoms with Crippen molar-refractivity contribution < 1.29 is 22.7 Å². The highest BCUT2D eigenvalue weighted by Crippen LogP contribution is 2.34. The summed E-state index contributed by atoms with van der Waals surface area (Å²) < 4.78 is 43.6. The highest BCUT2D eigenvalue weighted by molar-refractivity contribution is 6.33. The zero-order valence-corrected chi connectivity index (χ0v) is 16.5. The SMILES string of the molecule is COc1ccccc1CNC(=O)[C@@H](Nc1ccc(C(F)(F)F)cc1Cl)C(C)C. The van der Waals surface area contributed by atoms with Crippen LogP contribution in [0.2, 0.25) is 5.02 Å². The number of hydrogen-bond donors (Lipinski definition) is 2. The van der Waals surface area contributed by atoms with Crippen LogP contribution in [-0.2, 0) is 17.5 Å². The average molecular weight is 415 g/mol. The van der Waals surface area contributed by atoms with Crippen LogP contribution in [0.15, 0.2) is 42.5 Å². The van der Waals surface area contributed by atoms with Crippen LogP contribution < -0.4 is 15.4 Å². The van der Waals surface area contributed by atoms with Crippen molar-refractivity contribution in [2.75, 3.05) is 12.4 Å². The van der Waals surface area contributed by atoms with Gasteiger partial charge in [0, 0.05) is 12.1 Å². The Labute approximate surface area is 167 Å². The van der Waals surface area contributed by atoms with Crippen molar-refractivity contribution in [3.63, 3.8) is 0 Å². The van der Waals surface area contributed by atoms with E-state index in [1.807, 2.05) is 32.0 Å². The van der Waals surface area contributed by atoms with E-state index in [1.54, 1.807) is 13.2 Å². The van der Waals surface area contributed by atoms with Crippen molar-refractivity contribution in [3.05, 3.63) is 58.6 Å². The Morgan fingerprint density at radius 1 is 1.18 bits per heavy atom. The van der Waals surface area contributed by atoms with Crippen molar-refractivity contribution in [2.45, 2.75) is 32.6 Å². The number of ether oxygens (including phenoxy) is 1. The molecule has 2 rings (SSSR count). The quantitative estimate of drug-likeness (QED) is 0.661. The molecule has 2 aromatic rings. The molecule has 28 heavy (non-hydrogen) atoms. The number of halogens is 4. The Bertz CT molecular complexity index is 825. The summed E-state index contributed by atoms with van der Waals surface area (Å²) in [4.78, 5) is 12.7. The van der Waals surface area contributed by atoms with Crippen LogP contribution in [0.25, 0.3) is 0 Å². The Balaban J connectivity index is 2.11. The molecule has 0 radical (unpaired) electrons. The molecule has 0 fully saturated rings. The molecule has 0 aliphatic heterocycles. The summed E-state index contributed by atoms with van der Waals surface area (Å²) in [5.74, 6) is 0.232. The molecule has 0 heterocycles. The number of alkyl halides is 3. The minimum atomic E-state index is -4.48. The predicted molar refractivity (Wildman–Crippen MR) is 104 cm³/mol. The fourth-order valence-corrected chi connectivity index (χ4v) is 2.89. The lowest BCUT2D eigenvalue weighted by Crippen LogP contribution is -2.42. The number of methoxy groups -OCH3 is 1. The maximum Gasteiger partial charge on any atom is 0.416 e. The zero-order chi connectivity index (χ0) is 20.9. The third kappa shape index (κ3) is 5.55. The number of benzene rings is 2. The second-order valence-corrected chi connectivity index (χ2v) is 7.00. The van der Waals surface area contributed by atoms with Gasteiger partial charge in [-0.05, 0) is 30.2 Å². The van der Waals surface area contributed by atoms with Gasteiger partial charge in [0.1, 0.15) is 11.8 Å². The topological polar surface area (TPSA) is 50.4 Å². The summed E-state index contributed by atoms with van der Waals surface area (Å²) in [7, 11) is 1.55. The molecule has 0 spiro atoms. The van der Waals surface area contributed by atoms with Crippen LogP contribution in [0, 0.1) is 5.92 Å². The van der Waals surface area contributed by atoms with Crippen molar-refractivity contribution in [1.29, 1.82) is 0 Å². The van der Waals surface area contributed by atoms with Gasteiger partial charge in [-0.1, -0.05) is 43.6 Å². The highest BCUT2D eigenvalue weighted by atomic mass is 35.5. The van der Waals surface area contributed by atoms with Crippen LogP contribution in [0.1, 0.15) is 25.0 Å². The number of carbonyl (C=O) groups excluding carboxylic acids is 1. The fourth-order valence-electron chi connectivity index (χ4n) is 2.65. The highest BCUT2D eigenvalue weighted by Gasteiger charge is 2.31. The number of nitrogens with one attached hydrogen (secondary N) is 2. The minimum absolute atomic E-state index is 0.0991. The molecule has 2 aromatic carbocycles. The van der Waals surface area contributed by atoms with E-state index in [-0.39, 0.29) is 29.1 Å². The molecule has 0 aliphatic rings. The largest absolute Gasteiger partial charge is 0.496 e. The van der Waals surface area contributed by atoms with Crippen LogP contribution in [0.5, 0.6) is 5.75 Å². The number of hydrogen-bond acceptors (Lipinski definition) is 3. The molecule has 1 amide bonds. The van der Waals surface area contributed by atoms with Crippen LogP contribution in [0.3, 0.4) is 0 Å². The summed E-state index contributed by atoms with van der Waals surface area (Å²) in [5, 5.41) is 5.67. The summed E-state index contributed by atoms with van der Waals surface area (Å²) in [6, 6.07) is 9.62. The fraction of sp³-hybridized carbons (Fsp3) is 0.350. The van der Waals surface area contributed by atoms with Crippen molar-refractivity contribution in [2.24, 2.45) is 5.92 Å². The maximum absolute atomic E-state index is 12.8. The van der Waals surface area contributed by atoms with Gasteiger partial charge < -0.3 is 15.4 Å². The molecule has 2 N–H and O–H groups in total. The Hall–Kier alpha value is -2.41. The number of amides is 1. The van der Waals surface area contributed by atoms with Gasteiger partial charge in [-0.3, -0.25) is 4.79 Å². The number of para-hydroxylation sites is 1. The van der Waals surface area contributed by atoms with Gasteiger partial charge in [0.25, 0.3) is 0 Å². The van der Waals surface area contributed by atoms with Gasteiger partial charge >= 0.3 is 6.18 Å². The van der Waals surface area contributed by atoms with Crippen LogP contribution >= 0.6 is 11.6 Å². The van der Waals surface area contributed by atoms with Crippen molar-refractivity contribution >= 4 is 23.2 Å². The molecule has 0 aromatic heterocycles. The second-order valence-electron chi connectivity index (χ2n) is 6.59. The van der Waals surface area contributed by atoms with Gasteiger partial charge in [-0.15, -0.1) is 0 Å². The third-order valence-corrected chi connectivity index (χ3v) is 4.51. The van der Waals surface area contributed by atoms with Gasteiger partial charge in [0.05, 0.1) is 23.4 Å². The molecule has 0 saturated carbocycles. The van der Waals surface area contributed by atoms with Crippen LogP contribution in [-0.4, -0.2) is 19.1 Å². The summed E-state index contributed by atoms with van der Waals surface area (Å²) in [5.41, 5.74) is 0.235. The van der Waals surface area contributed by atoms with Gasteiger partial charge in [-0.2, -0.15) is 13.2 Å². The summed E-state index contributed by atoms with van der Waals surface area (Å²) >= 11 is 5.99. The lowest BCUT2D eigenvalue weighted by atomic mass is 10.0. The van der Waals surface area contributed by atoms with E-state index in [4.69, 9.17) is 16.3 Å².